The molecule has 0 fully saturated rings. The number of nitrogens with one attached hydrogen (secondary N) is 1. The van der Waals surface area contributed by atoms with Crippen LogP contribution in [0, 0.1) is 13.8 Å². The Hall–Kier alpha value is -1.95. The zero-order valence-corrected chi connectivity index (χ0v) is 15.2. The van der Waals surface area contributed by atoms with E-state index in [1.54, 1.807) is 11.3 Å². The predicted molar refractivity (Wildman–Crippen MR) is 99.8 cm³/mol. The summed E-state index contributed by atoms with van der Waals surface area (Å²) in [5.41, 5.74) is 3.74. The third-order valence-electron chi connectivity index (χ3n) is 3.86. The van der Waals surface area contributed by atoms with Gasteiger partial charge in [-0.3, -0.25) is 4.79 Å². The summed E-state index contributed by atoms with van der Waals surface area (Å²) in [5, 5.41) is 17.2. The number of rotatable bonds is 5. The van der Waals surface area contributed by atoms with Crippen molar-refractivity contribution in [2.75, 3.05) is 0 Å². The van der Waals surface area contributed by atoms with Crippen LogP contribution < -0.4 is 5.32 Å². The van der Waals surface area contributed by atoms with Crippen LogP contribution in [0.2, 0.25) is 0 Å². The van der Waals surface area contributed by atoms with Gasteiger partial charge in [-0.15, -0.1) is 11.3 Å². The fraction of sp³-hybridized carbons (Fsp3) is 0.211. The first-order valence-corrected chi connectivity index (χ1v) is 9.45. The Kier molecular flexibility index (Phi) is 5.14. The minimum absolute atomic E-state index is 0.0687. The van der Waals surface area contributed by atoms with Crippen molar-refractivity contribution in [2.45, 2.75) is 26.5 Å². The smallest absolute Gasteiger partial charge is 0.251 e. The van der Waals surface area contributed by atoms with Gasteiger partial charge in [0, 0.05) is 15.3 Å². The maximum absolute atomic E-state index is 12.3. The van der Waals surface area contributed by atoms with E-state index in [2.05, 4.69) is 5.32 Å². The Bertz CT molecular complexity index is 837. The van der Waals surface area contributed by atoms with Crippen LogP contribution in [0.1, 0.15) is 42.9 Å². The number of benzene rings is 1. The summed E-state index contributed by atoms with van der Waals surface area (Å²) in [5.74, 6) is -0.0687. The summed E-state index contributed by atoms with van der Waals surface area (Å²) in [4.78, 5) is 14.2. The zero-order chi connectivity index (χ0) is 17.1. The topological polar surface area (TPSA) is 49.3 Å². The molecular weight excluding hydrogens is 338 g/mol. The molecule has 1 unspecified atom stereocenters. The molecule has 2 N–H and O–H groups in total. The highest BCUT2D eigenvalue weighted by molar-refractivity contribution is 7.12. The van der Waals surface area contributed by atoms with Gasteiger partial charge in [0.2, 0.25) is 0 Å². The predicted octanol–water partition coefficient (Wildman–Crippen LogP) is 4.44. The molecule has 3 nitrogen and oxygen atoms in total. The summed E-state index contributed by atoms with van der Waals surface area (Å²) in [6.45, 7) is 4.43. The van der Waals surface area contributed by atoms with E-state index in [0.29, 0.717) is 12.1 Å². The fourth-order valence-electron chi connectivity index (χ4n) is 2.56. The van der Waals surface area contributed by atoms with Gasteiger partial charge in [-0.2, -0.15) is 11.3 Å². The lowest BCUT2D eigenvalue weighted by Gasteiger charge is -2.08. The van der Waals surface area contributed by atoms with E-state index in [1.807, 2.05) is 61.0 Å². The fourth-order valence-corrected chi connectivity index (χ4v) is 4.21. The molecule has 1 atom stereocenters. The van der Waals surface area contributed by atoms with Crippen LogP contribution in [0.15, 0.2) is 47.2 Å². The normalized spacial score (nSPS) is 12.1. The first-order chi connectivity index (χ1) is 11.5. The molecule has 3 rings (SSSR count). The summed E-state index contributed by atoms with van der Waals surface area (Å²) < 4.78 is 0. The molecular formula is C19H19NO2S2. The standard InChI is InChI=1S/C19H19NO2S2/c1-12-3-5-16(13(2)9-12)19(22)20-10-15-4-6-17(24-15)18(21)14-7-8-23-11-14/h3-9,11,18,21H,10H2,1-2H3,(H,20,22). The van der Waals surface area contributed by atoms with Gasteiger partial charge in [-0.05, 0) is 60.0 Å². The average Bonchev–Trinajstić information content (AvgIpc) is 3.24. The third kappa shape index (κ3) is 3.75. The molecule has 3 aromatic rings. The summed E-state index contributed by atoms with van der Waals surface area (Å²) in [6, 6.07) is 11.6. The first kappa shape index (κ1) is 16.9. The maximum Gasteiger partial charge on any atom is 0.251 e. The quantitative estimate of drug-likeness (QED) is 0.709. The largest absolute Gasteiger partial charge is 0.383 e. The van der Waals surface area contributed by atoms with E-state index >= 15 is 0 Å². The molecule has 124 valence electrons. The van der Waals surface area contributed by atoms with Gasteiger partial charge in [0.05, 0.1) is 6.54 Å². The van der Waals surface area contributed by atoms with Gasteiger partial charge in [0.1, 0.15) is 6.10 Å². The minimum Gasteiger partial charge on any atom is -0.383 e. The van der Waals surface area contributed by atoms with Crippen molar-refractivity contribution >= 4 is 28.6 Å². The Balaban J connectivity index is 1.64. The Labute approximate surface area is 149 Å². The second-order valence-corrected chi connectivity index (χ2v) is 7.74. The molecule has 24 heavy (non-hydrogen) atoms. The average molecular weight is 358 g/mol. The van der Waals surface area contributed by atoms with Crippen molar-refractivity contribution in [3.8, 4) is 0 Å². The number of carbonyl (C=O) groups excluding carboxylic acids is 1. The third-order valence-corrected chi connectivity index (χ3v) is 5.70. The van der Waals surface area contributed by atoms with E-state index in [9.17, 15) is 9.90 Å². The molecule has 0 radical (unpaired) electrons. The van der Waals surface area contributed by atoms with Crippen LogP contribution in [0.5, 0.6) is 0 Å². The van der Waals surface area contributed by atoms with Crippen LogP contribution >= 0.6 is 22.7 Å². The number of thiophene rings is 2. The second-order valence-electron chi connectivity index (χ2n) is 5.76. The highest BCUT2D eigenvalue weighted by Gasteiger charge is 2.14. The lowest BCUT2D eigenvalue weighted by Crippen LogP contribution is -2.23. The molecule has 2 aromatic heterocycles. The van der Waals surface area contributed by atoms with Gasteiger partial charge in [0.15, 0.2) is 0 Å². The zero-order valence-electron chi connectivity index (χ0n) is 13.6. The monoisotopic (exact) mass is 357 g/mol. The SMILES string of the molecule is Cc1ccc(C(=O)NCc2ccc(C(O)c3ccsc3)s2)c(C)c1. The molecule has 0 aliphatic heterocycles. The van der Waals surface area contributed by atoms with Crippen molar-refractivity contribution in [3.05, 3.63) is 79.2 Å². The lowest BCUT2D eigenvalue weighted by molar-refractivity contribution is 0.0950. The van der Waals surface area contributed by atoms with Crippen LogP contribution in [0.25, 0.3) is 0 Å². The highest BCUT2D eigenvalue weighted by atomic mass is 32.1. The van der Waals surface area contributed by atoms with Crippen LogP contribution in [0.3, 0.4) is 0 Å². The van der Waals surface area contributed by atoms with Gasteiger partial charge >= 0.3 is 0 Å². The molecule has 2 heterocycles. The van der Waals surface area contributed by atoms with Crippen LogP contribution in [-0.2, 0) is 6.54 Å². The highest BCUT2D eigenvalue weighted by Crippen LogP contribution is 2.29. The number of aryl methyl sites for hydroxylation is 2. The van der Waals surface area contributed by atoms with Crippen molar-refractivity contribution in [3.63, 3.8) is 0 Å². The summed E-state index contributed by atoms with van der Waals surface area (Å²) >= 11 is 3.09. The molecule has 5 heteroatoms. The Morgan fingerprint density at radius 1 is 1.21 bits per heavy atom. The summed E-state index contributed by atoms with van der Waals surface area (Å²) in [7, 11) is 0. The number of amides is 1. The van der Waals surface area contributed by atoms with Gasteiger partial charge in [-0.25, -0.2) is 0 Å². The maximum atomic E-state index is 12.3. The molecule has 0 saturated heterocycles. The van der Waals surface area contributed by atoms with E-state index in [4.69, 9.17) is 0 Å². The molecule has 0 bridgehead atoms. The number of carbonyl (C=O) groups is 1. The van der Waals surface area contributed by atoms with Gasteiger partial charge in [0.25, 0.3) is 5.91 Å². The number of aliphatic hydroxyl groups is 1. The number of hydrogen-bond donors (Lipinski definition) is 2. The van der Waals surface area contributed by atoms with E-state index < -0.39 is 6.10 Å². The number of hydrogen-bond acceptors (Lipinski definition) is 4. The van der Waals surface area contributed by atoms with Crippen molar-refractivity contribution < 1.29 is 9.90 Å². The first-order valence-electron chi connectivity index (χ1n) is 7.69. The van der Waals surface area contributed by atoms with Crippen LogP contribution in [0.4, 0.5) is 0 Å². The van der Waals surface area contributed by atoms with E-state index in [0.717, 1.165) is 26.4 Å². The molecule has 0 spiro atoms. The van der Waals surface area contributed by atoms with Gasteiger partial charge in [-0.1, -0.05) is 17.7 Å². The molecule has 1 aromatic carbocycles. The lowest BCUT2D eigenvalue weighted by atomic mass is 10.1. The van der Waals surface area contributed by atoms with Crippen molar-refractivity contribution in [2.24, 2.45) is 0 Å². The second kappa shape index (κ2) is 7.30. The summed E-state index contributed by atoms with van der Waals surface area (Å²) in [6.07, 6.45) is -0.593. The molecule has 0 aliphatic rings. The molecule has 0 saturated carbocycles. The van der Waals surface area contributed by atoms with E-state index in [1.165, 1.54) is 11.3 Å². The molecule has 0 aliphatic carbocycles. The molecule has 1 amide bonds. The Morgan fingerprint density at radius 2 is 2.04 bits per heavy atom. The minimum atomic E-state index is -0.593. The number of aliphatic hydroxyl groups excluding tert-OH is 1. The van der Waals surface area contributed by atoms with E-state index in [-0.39, 0.29) is 5.91 Å². The Morgan fingerprint density at radius 3 is 2.75 bits per heavy atom. The van der Waals surface area contributed by atoms with Gasteiger partial charge < -0.3 is 10.4 Å². The van der Waals surface area contributed by atoms with Crippen molar-refractivity contribution in [1.82, 2.24) is 5.32 Å². The van der Waals surface area contributed by atoms with Crippen LogP contribution in [-0.4, -0.2) is 11.0 Å². The van der Waals surface area contributed by atoms with Crippen molar-refractivity contribution in [1.29, 1.82) is 0 Å².